The predicted octanol–water partition coefficient (Wildman–Crippen LogP) is -0.617. The Kier molecular flexibility index (Phi) is 8.40. The molecule has 4 nitrogen and oxygen atoms in total. The molecule has 0 saturated heterocycles. The van der Waals surface area contributed by atoms with Crippen LogP contribution in [0.5, 0.6) is 0 Å². The Bertz CT molecular complexity index is 99.6. The zero-order valence-corrected chi connectivity index (χ0v) is 6.73. The Morgan fingerprint density at radius 3 is 2.50 bits per heavy atom. The van der Waals surface area contributed by atoms with Crippen molar-refractivity contribution in [1.29, 1.82) is 0 Å². The van der Waals surface area contributed by atoms with Crippen LogP contribution in [0.2, 0.25) is 0 Å². The van der Waals surface area contributed by atoms with Gasteiger partial charge in [0.05, 0.1) is 6.54 Å². The van der Waals surface area contributed by atoms with E-state index in [2.05, 4.69) is 0 Å². The van der Waals surface area contributed by atoms with Gasteiger partial charge in [-0.15, -0.1) is 12.4 Å². The number of likely N-dealkylation sites (N-methyl/N-ethyl adjacent to an activating group) is 1. The van der Waals surface area contributed by atoms with Crippen molar-refractivity contribution in [2.75, 3.05) is 26.7 Å². The third-order valence-corrected chi connectivity index (χ3v) is 0.916. The summed E-state index contributed by atoms with van der Waals surface area (Å²) in [7, 11) is 1.72. The van der Waals surface area contributed by atoms with Crippen LogP contribution >= 0.6 is 12.4 Å². The first kappa shape index (κ1) is 12.4. The molecule has 62 valence electrons. The fraction of sp³-hybridized carbons (Fsp3) is 0.800. The van der Waals surface area contributed by atoms with Gasteiger partial charge in [-0.3, -0.25) is 9.69 Å². The lowest BCUT2D eigenvalue weighted by Gasteiger charge is -2.10. The van der Waals surface area contributed by atoms with Gasteiger partial charge in [0.1, 0.15) is 0 Å². The average Bonchev–Trinajstić information content (AvgIpc) is 1.63. The molecule has 10 heavy (non-hydrogen) atoms. The number of nitrogens with two attached hydrogens (primary N) is 1. The second kappa shape index (κ2) is 6.80. The minimum atomic E-state index is -0.814. The molecule has 0 aliphatic rings. The molecule has 0 rings (SSSR count). The highest BCUT2D eigenvalue weighted by Crippen LogP contribution is 1.77. The normalized spacial score (nSPS) is 9.10. The highest BCUT2D eigenvalue weighted by atomic mass is 35.5. The third kappa shape index (κ3) is 7.68. The molecule has 0 heterocycles. The molecule has 0 radical (unpaired) electrons. The van der Waals surface area contributed by atoms with Crippen LogP contribution in [0.3, 0.4) is 0 Å². The molecule has 0 unspecified atom stereocenters. The first-order valence-electron chi connectivity index (χ1n) is 2.77. The van der Waals surface area contributed by atoms with E-state index in [-0.39, 0.29) is 19.0 Å². The molecule has 0 saturated carbocycles. The summed E-state index contributed by atoms with van der Waals surface area (Å²) >= 11 is 0. The van der Waals surface area contributed by atoms with Crippen molar-refractivity contribution in [2.45, 2.75) is 0 Å². The van der Waals surface area contributed by atoms with Crippen LogP contribution in [0.4, 0.5) is 0 Å². The molecule has 0 amide bonds. The van der Waals surface area contributed by atoms with E-state index in [0.717, 1.165) is 0 Å². The maximum atomic E-state index is 10.0. The number of nitrogens with zero attached hydrogens (tertiary/aromatic N) is 1. The Balaban J connectivity index is 0. The fourth-order valence-corrected chi connectivity index (χ4v) is 0.530. The van der Waals surface area contributed by atoms with Gasteiger partial charge in [0.25, 0.3) is 0 Å². The van der Waals surface area contributed by atoms with E-state index in [1.54, 1.807) is 11.9 Å². The Labute approximate surface area is 66.4 Å². The van der Waals surface area contributed by atoms with Crippen LogP contribution < -0.4 is 5.73 Å². The second-order valence-corrected chi connectivity index (χ2v) is 1.92. The quantitative estimate of drug-likeness (QED) is 0.588. The summed E-state index contributed by atoms with van der Waals surface area (Å²) in [6.07, 6.45) is 0. The van der Waals surface area contributed by atoms with Crippen molar-refractivity contribution in [3.8, 4) is 0 Å². The summed E-state index contributed by atoms with van der Waals surface area (Å²) in [6, 6.07) is 0. The molecule has 3 N–H and O–H groups in total. The zero-order valence-electron chi connectivity index (χ0n) is 5.91. The van der Waals surface area contributed by atoms with E-state index in [4.69, 9.17) is 10.8 Å². The Morgan fingerprint density at radius 1 is 1.70 bits per heavy atom. The van der Waals surface area contributed by atoms with E-state index in [0.29, 0.717) is 13.1 Å². The average molecular weight is 169 g/mol. The largest absolute Gasteiger partial charge is 0.480 e. The number of carbonyl (C=O) groups is 1. The number of carboxylic acid groups (broad SMARTS) is 1. The van der Waals surface area contributed by atoms with Crippen LogP contribution in [0.15, 0.2) is 0 Å². The van der Waals surface area contributed by atoms with Gasteiger partial charge in [-0.05, 0) is 7.05 Å². The minimum absolute atomic E-state index is 0. The lowest BCUT2D eigenvalue weighted by molar-refractivity contribution is -0.137. The van der Waals surface area contributed by atoms with Gasteiger partial charge in [-0.2, -0.15) is 0 Å². The van der Waals surface area contributed by atoms with E-state index in [1.165, 1.54) is 0 Å². The lowest BCUT2D eigenvalue weighted by atomic mass is 10.5. The van der Waals surface area contributed by atoms with Crippen LogP contribution in [0.25, 0.3) is 0 Å². The molecule has 0 aliphatic heterocycles. The predicted molar refractivity (Wildman–Crippen MR) is 41.4 cm³/mol. The first-order chi connectivity index (χ1) is 4.16. The van der Waals surface area contributed by atoms with E-state index in [9.17, 15) is 4.79 Å². The summed E-state index contributed by atoms with van der Waals surface area (Å²) in [4.78, 5) is 11.7. The lowest BCUT2D eigenvalue weighted by Crippen LogP contribution is -2.30. The number of rotatable bonds is 4. The van der Waals surface area contributed by atoms with Crippen LogP contribution in [0, 0.1) is 0 Å². The van der Waals surface area contributed by atoms with Crippen molar-refractivity contribution in [3.63, 3.8) is 0 Å². The SMILES string of the molecule is CN(CCN)CC(=O)O.Cl. The molecule has 0 aliphatic carbocycles. The summed E-state index contributed by atoms with van der Waals surface area (Å²) in [5, 5.41) is 8.23. The van der Waals surface area contributed by atoms with Gasteiger partial charge in [-0.1, -0.05) is 0 Å². The smallest absolute Gasteiger partial charge is 0.317 e. The molecule has 0 aromatic rings. The van der Waals surface area contributed by atoms with Gasteiger partial charge < -0.3 is 10.8 Å². The minimum Gasteiger partial charge on any atom is -0.480 e. The van der Waals surface area contributed by atoms with Crippen LogP contribution in [-0.4, -0.2) is 42.7 Å². The monoisotopic (exact) mass is 168 g/mol. The van der Waals surface area contributed by atoms with Gasteiger partial charge in [0, 0.05) is 13.1 Å². The van der Waals surface area contributed by atoms with Crippen molar-refractivity contribution in [1.82, 2.24) is 4.90 Å². The number of hydrogen-bond donors (Lipinski definition) is 2. The molecule has 0 fully saturated rings. The fourth-order valence-electron chi connectivity index (χ4n) is 0.530. The summed E-state index contributed by atoms with van der Waals surface area (Å²) in [5.74, 6) is -0.814. The van der Waals surface area contributed by atoms with Crippen molar-refractivity contribution < 1.29 is 9.90 Å². The number of hydrogen-bond acceptors (Lipinski definition) is 3. The number of halogens is 1. The second-order valence-electron chi connectivity index (χ2n) is 1.92. The molecule has 0 aromatic heterocycles. The van der Waals surface area contributed by atoms with Gasteiger partial charge in [0.15, 0.2) is 0 Å². The molecule has 0 aromatic carbocycles. The summed E-state index contributed by atoms with van der Waals surface area (Å²) in [6.45, 7) is 1.20. The standard InChI is InChI=1S/C5H12N2O2.ClH/c1-7(3-2-6)4-5(8)9;/h2-4,6H2,1H3,(H,8,9);1H. The Morgan fingerprint density at radius 2 is 2.20 bits per heavy atom. The summed E-state index contributed by atoms with van der Waals surface area (Å²) < 4.78 is 0. The first-order valence-corrected chi connectivity index (χ1v) is 2.77. The third-order valence-electron chi connectivity index (χ3n) is 0.916. The maximum absolute atomic E-state index is 10.0. The van der Waals surface area contributed by atoms with Crippen molar-refractivity contribution in [3.05, 3.63) is 0 Å². The zero-order chi connectivity index (χ0) is 7.28. The maximum Gasteiger partial charge on any atom is 0.317 e. The highest BCUT2D eigenvalue weighted by Gasteiger charge is 2.00. The van der Waals surface area contributed by atoms with Gasteiger partial charge in [-0.25, -0.2) is 0 Å². The summed E-state index contributed by atoms with van der Waals surface area (Å²) in [5.41, 5.74) is 5.17. The topological polar surface area (TPSA) is 66.6 Å². The highest BCUT2D eigenvalue weighted by molar-refractivity contribution is 5.85. The van der Waals surface area contributed by atoms with E-state index >= 15 is 0 Å². The van der Waals surface area contributed by atoms with Crippen molar-refractivity contribution >= 4 is 18.4 Å². The number of aliphatic carboxylic acids is 1. The van der Waals surface area contributed by atoms with Crippen molar-refractivity contribution in [2.24, 2.45) is 5.73 Å². The van der Waals surface area contributed by atoms with Gasteiger partial charge >= 0.3 is 5.97 Å². The Hall–Kier alpha value is -0.320. The molecular weight excluding hydrogens is 156 g/mol. The molecule has 0 spiro atoms. The van der Waals surface area contributed by atoms with E-state index < -0.39 is 5.97 Å². The molecule has 0 atom stereocenters. The molecular formula is C5H13ClN2O2. The van der Waals surface area contributed by atoms with Crippen LogP contribution in [-0.2, 0) is 4.79 Å². The molecule has 0 bridgehead atoms. The van der Waals surface area contributed by atoms with E-state index in [1.807, 2.05) is 0 Å². The molecule has 5 heteroatoms. The number of carboxylic acids is 1. The van der Waals surface area contributed by atoms with Crippen LogP contribution in [0.1, 0.15) is 0 Å². The van der Waals surface area contributed by atoms with Gasteiger partial charge in [0.2, 0.25) is 0 Å².